The molecule has 0 unspecified atom stereocenters. The number of carbonyl (C=O) groups is 1. The van der Waals surface area contributed by atoms with Gasteiger partial charge in [-0.2, -0.15) is 0 Å². The van der Waals surface area contributed by atoms with E-state index in [9.17, 15) is 4.79 Å². The number of amides is 1. The molecular formula is C16H16N2O. The molecule has 1 fully saturated rings. The lowest BCUT2D eigenvalue weighted by Crippen LogP contribution is -2.27. The number of hydrogen-bond acceptors (Lipinski definition) is 2. The first-order valence-corrected chi connectivity index (χ1v) is 6.64. The molecule has 3 heteroatoms. The van der Waals surface area contributed by atoms with Crippen molar-refractivity contribution in [3.63, 3.8) is 0 Å². The van der Waals surface area contributed by atoms with Gasteiger partial charge in [-0.25, -0.2) is 0 Å². The Hall–Kier alpha value is -2.16. The molecule has 19 heavy (non-hydrogen) atoms. The van der Waals surface area contributed by atoms with Crippen LogP contribution in [0.25, 0.3) is 11.1 Å². The molecule has 1 aromatic carbocycles. The third-order valence-corrected chi connectivity index (χ3v) is 3.49. The van der Waals surface area contributed by atoms with E-state index in [1.165, 1.54) is 0 Å². The number of pyridine rings is 1. The van der Waals surface area contributed by atoms with Crippen LogP contribution in [0.15, 0.2) is 48.8 Å². The molecule has 0 atom stereocenters. The molecule has 3 rings (SSSR count). The first-order valence-electron chi connectivity index (χ1n) is 6.64. The normalized spacial score (nSPS) is 14.6. The van der Waals surface area contributed by atoms with Crippen LogP contribution in [0.4, 0.5) is 0 Å². The summed E-state index contributed by atoms with van der Waals surface area (Å²) >= 11 is 0. The average Bonchev–Trinajstić information content (AvgIpc) is 3.02. The van der Waals surface area contributed by atoms with Gasteiger partial charge in [0.25, 0.3) is 5.91 Å². The average molecular weight is 252 g/mol. The zero-order chi connectivity index (χ0) is 13.1. The van der Waals surface area contributed by atoms with E-state index in [-0.39, 0.29) is 5.91 Å². The van der Waals surface area contributed by atoms with Crippen molar-refractivity contribution in [3.05, 3.63) is 54.4 Å². The number of benzene rings is 1. The molecule has 1 amide bonds. The lowest BCUT2D eigenvalue weighted by molar-refractivity contribution is 0.0792. The largest absolute Gasteiger partial charge is 0.339 e. The maximum absolute atomic E-state index is 12.3. The van der Waals surface area contributed by atoms with Crippen molar-refractivity contribution in [1.29, 1.82) is 0 Å². The van der Waals surface area contributed by atoms with E-state index in [0.717, 1.165) is 37.1 Å². The SMILES string of the molecule is O=C(c1cncc(-c2ccccc2)c1)N1CCCC1. The zero-order valence-electron chi connectivity index (χ0n) is 10.7. The summed E-state index contributed by atoms with van der Waals surface area (Å²) in [5, 5.41) is 0. The van der Waals surface area contributed by atoms with Crippen LogP contribution < -0.4 is 0 Å². The molecule has 2 heterocycles. The summed E-state index contributed by atoms with van der Waals surface area (Å²) < 4.78 is 0. The summed E-state index contributed by atoms with van der Waals surface area (Å²) in [6.45, 7) is 1.74. The van der Waals surface area contributed by atoms with E-state index < -0.39 is 0 Å². The smallest absolute Gasteiger partial charge is 0.255 e. The lowest BCUT2D eigenvalue weighted by atomic mass is 10.1. The van der Waals surface area contributed by atoms with E-state index in [1.807, 2.05) is 41.3 Å². The fraction of sp³-hybridized carbons (Fsp3) is 0.250. The van der Waals surface area contributed by atoms with E-state index in [2.05, 4.69) is 4.98 Å². The minimum atomic E-state index is 0.0998. The van der Waals surface area contributed by atoms with Crippen molar-refractivity contribution >= 4 is 5.91 Å². The first-order chi connectivity index (χ1) is 9.34. The van der Waals surface area contributed by atoms with Gasteiger partial charge in [-0.3, -0.25) is 9.78 Å². The van der Waals surface area contributed by atoms with Crippen LogP contribution in [0.3, 0.4) is 0 Å². The van der Waals surface area contributed by atoms with Gasteiger partial charge in [0.1, 0.15) is 0 Å². The van der Waals surface area contributed by atoms with Gasteiger partial charge in [-0.15, -0.1) is 0 Å². The van der Waals surface area contributed by atoms with Crippen LogP contribution in [0.2, 0.25) is 0 Å². The number of nitrogens with zero attached hydrogens (tertiary/aromatic N) is 2. The first kappa shape index (κ1) is 11.9. The highest BCUT2D eigenvalue weighted by Gasteiger charge is 2.19. The monoisotopic (exact) mass is 252 g/mol. The van der Waals surface area contributed by atoms with Gasteiger partial charge in [0.05, 0.1) is 5.56 Å². The zero-order valence-corrected chi connectivity index (χ0v) is 10.7. The highest BCUT2D eigenvalue weighted by molar-refractivity contribution is 5.95. The van der Waals surface area contributed by atoms with Gasteiger partial charge in [-0.1, -0.05) is 30.3 Å². The molecule has 1 aromatic heterocycles. The highest BCUT2D eigenvalue weighted by Crippen LogP contribution is 2.20. The third kappa shape index (κ3) is 2.50. The molecular weight excluding hydrogens is 236 g/mol. The van der Waals surface area contributed by atoms with Crippen LogP contribution in [0, 0.1) is 0 Å². The van der Waals surface area contributed by atoms with E-state index in [1.54, 1.807) is 12.4 Å². The maximum Gasteiger partial charge on any atom is 0.255 e. The highest BCUT2D eigenvalue weighted by atomic mass is 16.2. The van der Waals surface area contributed by atoms with Crippen molar-refractivity contribution in [2.75, 3.05) is 13.1 Å². The van der Waals surface area contributed by atoms with Crippen molar-refractivity contribution in [3.8, 4) is 11.1 Å². The molecule has 0 spiro atoms. The molecule has 1 aliphatic heterocycles. The molecule has 0 aliphatic carbocycles. The fourth-order valence-electron chi connectivity index (χ4n) is 2.45. The number of aromatic nitrogens is 1. The molecule has 2 aromatic rings. The second-order valence-corrected chi connectivity index (χ2v) is 4.83. The van der Waals surface area contributed by atoms with Gasteiger partial charge in [0, 0.05) is 31.0 Å². The second-order valence-electron chi connectivity index (χ2n) is 4.83. The van der Waals surface area contributed by atoms with Gasteiger partial charge in [0.15, 0.2) is 0 Å². The summed E-state index contributed by atoms with van der Waals surface area (Å²) in [7, 11) is 0. The predicted molar refractivity (Wildman–Crippen MR) is 74.8 cm³/mol. The Balaban J connectivity index is 1.89. The number of carbonyl (C=O) groups excluding carboxylic acids is 1. The Kier molecular flexibility index (Phi) is 3.27. The van der Waals surface area contributed by atoms with Crippen molar-refractivity contribution in [2.24, 2.45) is 0 Å². The van der Waals surface area contributed by atoms with Crippen LogP contribution in [0.5, 0.6) is 0 Å². The Bertz CT molecular complexity index is 574. The molecule has 0 radical (unpaired) electrons. The van der Waals surface area contributed by atoms with Crippen LogP contribution in [0.1, 0.15) is 23.2 Å². The van der Waals surface area contributed by atoms with Gasteiger partial charge in [0.2, 0.25) is 0 Å². The quantitative estimate of drug-likeness (QED) is 0.823. The van der Waals surface area contributed by atoms with E-state index >= 15 is 0 Å². The predicted octanol–water partition coefficient (Wildman–Crippen LogP) is 2.98. The summed E-state index contributed by atoms with van der Waals surface area (Å²) in [6, 6.07) is 12.0. The van der Waals surface area contributed by atoms with Crippen molar-refractivity contribution in [1.82, 2.24) is 9.88 Å². The molecule has 3 nitrogen and oxygen atoms in total. The van der Waals surface area contributed by atoms with Gasteiger partial charge >= 0.3 is 0 Å². The van der Waals surface area contributed by atoms with Crippen LogP contribution >= 0.6 is 0 Å². The summed E-state index contributed by atoms with van der Waals surface area (Å²) in [6.07, 6.45) is 5.68. The Morgan fingerprint density at radius 1 is 1.00 bits per heavy atom. The molecule has 0 bridgehead atoms. The Morgan fingerprint density at radius 3 is 2.47 bits per heavy atom. The fourth-order valence-corrected chi connectivity index (χ4v) is 2.45. The molecule has 0 N–H and O–H groups in total. The number of likely N-dealkylation sites (tertiary alicyclic amines) is 1. The minimum Gasteiger partial charge on any atom is -0.339 e. The minimum absolute atomic E-state index is 0.0998. The van der Waals surface area contributed by atoms with Gasteiger partial charge < -0.3 is 4.90 Å². The molecule has 0 saturated carbocycles. The standard InChI is InChI=1S/C16H16N2O/c19-16(18-8-4-5-9-18)15-10-14(11-17-12-15)13-6-2-1-3-7-13/h1-3,6-7,10-12H,4-5,8-9H2. The second kappa shape index (κ2) is 5.22. The summed E-state index contributed by atoms with van der Waals surface area (Å²) in [4.78, 5) is 18.4. The molecule has 96 valence electrons. The maximum atomic E-state index is 12.3. The molecule has 1 aliphatic rings. The summed E-state index contributed by atoms with van der Waals surface area (Å²) in [5.74, 6) is 0.0998. The van der Waals surface area contributed by atoms with Crippen LogP contribution in [-0.2, 0) is 0 Å². The molecule has 1 saturated heterocycles. The van der Waals surface area contributed by atoms with Gasteiger partial charge in [-0.05, 0) is 24.5 Å². The van der Waals surface area contributed by atoms with E-state index in [4.69, 9.17) is 0 Å². The van der Waals surface area contributed by atoms with Crippen molar-refractivity contribution in [2.45, 2.75) is 12.8 Å². The lowest BCUT2D eigenvalue weighted by Gasteiger charge is -2.15. The number of rotatable bonds is 2. The Labute approximate surface area is 112 Å². The van der Waals surface area contributed by atoms with E-state index in [0.29, 0.717) is 5.56 Å². The topological polar surface area (TPSA) is 33.2 Å². The summed E-state index contributed by atoms with van der Waals surface area (Å²) in [5.41, 5.74) is 2.76. The Morgan fingerprint density at radius 2 is 1.74 bits per heavy atom. The van der Waals surface area contributed by atoms with Crippen molar-refractivity contribution < 1.29 is 4.79 Å². The third-order valence-electron chi connectivity index (χ3n) is 3.49. The number of hydrogen-bond donors (Lipinski definition) is 0. The van der Waals surface area contributed by atoms with Crippen LogP contribution in [-0.4, -0.2) is 28.9 Å².